The third-order valence-electron chi connectivity index (χ3n) is 4.59. The maximum atomic E-state index is 2.31. The molecule has 0 radical (unpaired) electrons. The average Bonchev–Trinajstić information content (AvgIpc) is 2.61. The van der Waals surface area contributed by atoms with Crippen LogP contribution in [0.15, 0.2) is 48.6 Å². The Morgan fingerprint density at radius 2 is 1.33 bits per heavy atom. The highest BCUT2D eigenvalue weighted by molar-refractivity contribution is 5.32. The van der Waals surface area contributed by atoms with E-state index >= 15 is 0 Å². The van der Waals surface area contributed by atoms with Crippen LogP contribution in [0.1, 0.15) is 61.1 Å². The number of rotatable bonds is 5. The van der Waals surface area contributed by atoms with E-state index in [1.165, 1.54) is 33.4 Å². The molecule has 2 rings (SSSR count). The second-order valence-corrected chi connectivity index (χ2v) is 6.36. The van der Waals surface area contributed by atoms with Gasteiger partial charge in [0.2, 0.25) is 0 Å². The van der Waals surface area contributed by atoms with Crippen molar-refractivity contribution in [1.29, 1.82) is 0 Å². The quantitative estimate of drug-likeness (QED) is 0.531. The molecule has 0 fully saturated rings. The number of hydrogen-bond acceptors (Lipinski definition) is 0. The molecule has 0 atom stereocenters. The minimum atomic E-state index is 1.06. The van der Waals surface area contributed by atoms with Gasteiger partial charge in [0.05, 0.1) is 0 Å². The van der Waals surface area contributed by atoms with E-state index in [1.54, 1.807) is 0 Å². The van der Waals surface area contributed by atoms with Crippen molar-refractivity contribution in [2.45, 2.75) is 67.2 Å². The highest BCUT2D eigenvalue weighted by atomic mass is 14.0. The highest BCUT2D eigenvalue weighted by Gasteiger charge is 1.97. The molecule has 0 aliphatic rings. The van der Waals surface area contributed by atoms with Gasteiger partial charge in [0.15, 0.2) is 0 Å². The third kappa shape index (κ3) is 6.35. The summed E-state index contributed by atoms with van der Waals surface area (Å²) in [6.07, 6.45) is 8.80. The molecule has 0 N–H and O–H groups in total. The number of aryl methyl sites for hydroxylation is 5. The van der Waals surface area contributed by atoms with Crippen molar-refractivity contribution in [2.24, 2.45) is 0 Å². The zero-order chi connectivity index (χ0) is 17.9. The Balaban J connectivity index is 0.000000243. The van der Waals surface area contributed by atoms with Gasteiger partial charge in [-0.05, 0) is 79.8 Å². The molecule has 2 aromatic rings. The predicted molar refractivity (Wildman–Crippen MR) is 109 cm³/mol. The van der Waals surface area contributed by atoms with Crippen molar-refractivity contribution in [3.63, 3.8) is 0 Å². The van der Waals surface area contributed by atoms with Gasteiger partial charge in [-0.15, -0.1) is 0 Å². The molecule has 0 amide bonds. The van der Waals surface area contributed by atoms with Gasteiger partial charge in [0.25, 0.3) is 0 Å². The van der Waals surface area contributed by atoms with E-state index in [0.29, 0.717) is 0 Å². The van der Waals surface area contributed by atoms with E-state index in [0.717, 1.165) is 25.7 Å². The van der Waals surface area contributed by atoms with Crippen LogP contribution in [0.4, 0.5) is 0 Å². The largest absolute Gasteiger partial charge is 0.0913 e. The summed E-state index contributed by atoms with van der Waals surface area (Å²) in [7, 11) is 0. The van der Waals surface area contributed by atoms with Gasteiger partial charge in [-0.3, -0.25) is 0 Å². The maximum Gasteiger partial charge on any atom is -0.00949 e. The summed E-state index contributed by atoms with van der Waals surface area (Å²) in [6, 6.07) is 13.5. The lowest BCUT2D eigenvalue weighted by molar-refractivity contribution is 1.07. The number of benzene rings is 2. The van der Waals surface area contributed by atoms with E-state index < -0.39 is 0 Å². The van der Waals surface area contributed by atoms with Crippen molar-refractivity contribution in [3.8, 4) is 0 Å². The third-order valence-corrected chi connectivity index (χ3v) is 4.59. The van der Waals surface area contributed by atoms with Gasteiger partial charge in [-0.2, -0.15) is 0 Å². The van der Waals surface area contributed by atoms with E-state index in [2.05, 4.69) is 90.1 Å². The molecule has 2 aromatic carbocycles. The molecular weight excluding hydrogens is 288 g/mol. The van der Waals surface area contributed by atoms with Crippen molar-refractivity contribution in [3.05, 3.63) is 81.9 Å². The Kier molecular flexibility index (Phi) is 9.15. The van der Waals surface area contributed by atoms with Crippen molar-refractivity contribution < 1.29 is 0 Å². The molecule has 0 saturated carbocycles. The van der Waals surface area contributed by atoms with Crippen LogP contribution in [0, 0.1) is 13.8 Å². The fourth-order valence-corrected chi connectivity index (χ4v) is 2.78. The first-order valence-corrected chi connectivity index (χ1v) is 9.33. The molecule has 0 saturated heterocycles. The standard InChI is InChI=1S/C13H18.C11H16/c1-4-6-7-13-9-8-12(5-2)10-11(13)3;1-4-10-7-6-9(3)11(5-2)8-10/h4,6,8-10H,5,7H2,1-3H3;6-8H,4-5H2,1-3H3/b6-4+;. The lowest BCUT2D eigenvalue weighted by Gasteiger charge is -2.04. The Hall–Kier alpha value is -1.82. The fourth-order valence-electron chi connectivity index (χ4n) is 2.78. The van der Waals surface area contributed by atoms with Crippen LogP contribution >= 0.6 is 0 Å². The summed E-state index contributed by atoms with van der Waals surface area (Å²) in [6.45, 7) is 13.0. The summed E-state index contributed by atoms with van der Waals surface area (Å²) in [5, 5.41) is 0. The average molecular weight is 323 g/mol. The van der Waals surface area contributed by atoms with Crippen LogP contribution in [0.3, 0.4) is 0 Å². The maximum absolute atomic E-state index is 2.31. The van der Waals surface area contributed by atoms with Crippen LogP contribution in [-0.4, -0.2) is 0 Å². The predicted octanol–water partition coefficient (Wildman–Crippen LogP) is 6.80. The lowest BCUT2D eigenvalue weighted by atomic mass is 10.0. The van der Waals surface area contributed by atoms with Crippen molar-refractivity contribution >= 4 is 0 Å². The number of allylic oxidation sites excluding steroid dienone is 2. The topological polar surface area (TPSA) is 0 Å². The first-order chi connectivity index (χ1) is 11.5. The van der Waals surface area contributed by atoms with Gasteiger partial charge in [0.1, 0.15) is 0 Å². The molecule has 0 spiro atoms. The van der Waals surface area contributed by atoms with Gasteiger partial charge < -0.3 is 0 Å². The van der Waals surface area contributed by atoms with Crippen LogP contribution in [0.5, 0.6) is 0 Å². The Morgan fingerprint density at radius 3 is 1.88 bits per heavy atom. The Labute approximate surface area is 149 Å². The molecule has 130 valence electrons. The SMILES string of the molecule is C/C=C/Cc1ccc(CC)cc1C.CCc1ccc(C)c(CC)c1. The van der Waals surface area contributed by atoms with Crippen LogP contribution in [0.25, 0.3) is 0 Å². The van der Waals surface area contributed by atoms with Crippen molar-refractivity contribution in [2.75, 3.05) is 0 Å². The van der Waals surface area contributed by atoms with Crippen LogP contribution < -0.4 is 0 Å². The Morgan fingerprint density at radius 1 is 0.708 bits per heavy atom. The summed E-state index contributed by atoms with van der Waals surface area (Å²) in [4.78, 5) is 0. The first-order valence-electron chi connectivity index (χ1n) is 9.33. The molecule has 0 aromatic heterocycles. The summed E-state index contributed by atoms with van der Waals surface area (Å²) in [5.41, 5.74) is 8.65. The highest BCUT2D eigenvalue weighted by Crippen LogP contribution is 2.13. The Bertz CT molecular complexity index is 647. The van der Waals surface area contributed by atoms with Crippen molar-refractivity contribution in [1.82, 2.24) is 0 Å². The second-order valence-electron chi connectivity index (χ2n) is 6.36. The molecule has 0 heterocycles. The minimum Gasteiger partial charge on any atom is -0.0913 e. The molecule has 0 unspecified atom stereocenters. The zero-order valence-electron chi connectivity index (χ0n) is 16.4. The summed E-state index contributed by atoms with van der Waals surface area (Å²) >= 11 is 0. The minimum absolute atomic E-state index is 1.06. The van der Waals surface area contributed by atoms with E-state index in [-0.39, 0.29) is 0 Å². The van der Waals surface area contributed by atoms with E-state index in [9.17, 15) is 0 Å². The van der Waals surface area contributed by atoms with E-state index in [4.69, 9.17) is 0 Å². The molecule has 0 heteroatoms. The number of hydrogen-bond donors (Lipinski definition) is 0. The lowest BCUT2D eigenvalue weighted by Crippen LogP contribution is -1.89. The molecule has 0 aliphatic heterocycles. The van der Waals surface area contributed by atoms with Gasteiger partial charge in [0, 0.05) is 0 Å². The molecule has 0 nitrogen and oxygen atoms in total. The molecular formula is C24H34. The molecule has 24 heavy (non-hydrogen) atoms. The molecule has 0 aliphatic carbocycles. The van der Waals surface area contributed by atoms with Gasteiger partial charge in [-0.25, -0.2) is 0 Å². The molecule has 0 bridgehead atoms. The second kappa shape index (κ2) is 10.9. The van der Waals surface area contributed by atoms with Crippen LogP contribution in [0.2, 0.25) is 0 Å². The normalized spacial score (nSPS) is 10.6. The summed E-state index contributed by atoms with van der Waals surface area (Å²) < 4.78 is 0. The smallest absolute Gasteiger partial charge is 0.00949 e. The van der Waals surface area contributed by atoms with Crippen LogP contribution in [-0.2, 0) is 25.7 Å². The zero-order valence-corrected chi connectivity index (χ0v) is 16.4. The van der Waals surface area contributed by atoms with Gasteiger partial charge in [-0.1, -0.05) is 69.3 Å². The monoisotopic (exact) mass is 322 g/mol. The first kappa shape index (κ1) is 20.2. The van der Waals surface area contributed by atoms with Gasteiger partial charge >= 0.3 is 0 Å². The summed E-state index contributed by atoms with van der Waals surface area (Å²) in [5.74, 6) is 0. The van der Waals surface area contributed by atoms with E-state index in [1.807, 2.05) is 0 Å². The fraction of sp³-hybridized carbons (Fsp3) is 0.417.